The van der Waals surface area contributed by atoms with Gasteiger partial charge >= 0.3 is 18.5 Å². The maximum absolute atomic E-state index is 13.6. The van der Waals surface area contributed by atoms with Gasteiger partial charge in [0.05, 0.1) is 28.8 Å². The lowest BCUT2D eigenvalue weighted by atomic mass is 9.91. The molecule has 16 heteroatoms. The Bertz CT molecular complexity index is 1790. The van der Waals surface area contributed by atoms with Crippen LogP contribution in [0, 0.1) is 13.8 Å². The molecule has 1 aromatic heterocycles. The van der Waals surface area contributed by atoms with Gasteiger partial charge in [-0.3, -0.25) is 9.59 Å². The van der Waals surface area contributed by atoms with Crippen LogP contribution >= 0.6 is 0 Å². The number of aryl methyl sites for hydroxylation is 2. The number of nitrogens with one attached hydrogen (secondary N) is 2. The fraction of sp³-hybridized carbons (Fsp3) is 0.290. The predicted octanol–water partition coefficient (Wildman–Crippen LogP) is 8.06. The molecule has 3 aromatic carbocycles. The summed E-state index contributed by atoms with van der Waals surface area (Å²) in [6, 6.07) is 8.15. The Morgan fingerprint density at radius 2 is 1.43 bits per heavy atom. The quantitative estimate of drug-likeness (QED) is 0.195. The Balaban J connectivity index is 1.75. The van der Waals surface area contributed by atoms with Crippen molar-refractivity contribution in [2.24, 2.45) is 0 Å². The number of anilines is 1. The van der Waals surface area contributed by atoms with E-state index in [0.717, 1.165) is 6.07 Å². The van der Waals surface area contributed by atoms with Gasteiger partial charge in [0.2, 0.25) is 5.82 Å². The Morgan fingerprint density at radius 3 is 1.96 bits per heavy atom. The summed E-state index contributed by atoms with van der Waals surface area (Å²) in [4.78, 5) is 30.3. The van der Waals surface area contributed by atoms with Gasteiger partial charge in [0.15, 0.2) is 0 Å². The topological polar surface area (TPSA) is 88.9 Å². The lowest BCUT2D eigenvalue weighted by Gasteiger charge is -2.19. The van der Waals surface area contributed by atoms with E-state index in [4.69, 9.17) is 0 Å². The zero-order chi connectivity index (χ0) is 35.1. The summed E-state index contributed by atoms with van der Waals surface area (Å²) in [5, 5.41) is 8.87. The molecule has 0 bridgehead atoms. The monoisotopic (exact) mass is 671 g/mol. The lowest BCUT2D eigenvalue weighted by molar-refractivity contribution is -0.147. The first-order valence-corrected chi connectivity index (χ1v) is 13.8. The van der Waals surface area contributed by atoms with Crippen molar-refractivity contribution in [3.05, 3.63) is 99.6 Å². The highest BCUT2D eigenvalue weighted by molar-refractivity contribution is 6.15. The molecule has 0 atom stereocenters. The van der Waals surface area contributed by atoms with Gasteiger partial charge in [-0.25, -0.2) is 9.67 Å². The highest BCUT2D eigenvalue weighted by Gasteiger charge is 2.39. The van der Waals surface area contributed by atoms with Gasteiger partial charge in [0, 0.05) is 11.7 Å². The first-order chi connectivity index (χ1) is 21.6. The van der Waals surface area contributed by atoms with E-state index in [2.05, 4.69) is 20.7 Å². The Morgan fingerprint density at radius 1 is 0.809 bits per heavy atom. The third-order valence-electron chi connectivity index (χ3n) is 6.76. The zero-order valence-corrected chi connectivity index (χ0v) is 25.0. The predicted molar refractivity (Wildman–Crippen MR) is 152 cm³/mol. The van der Waals surface area contributed by atoms with E-state index in [1.54, 1.807) is 20.8 Å². The summed E-state index contributed by atoms with van der Waals surface area (Å²) in [5.74, 6) is -3.13. The molecule has 0 aliphatic heterocycles. The van der Waals surface area contributed by atoms with Gasteiger partial charge in [-0.15, -0.1) is 0 Å². The molecule has 0 saturated carbocycles. The van der Waals surface area contributed by atoms with Crippen molar-refractivity contribution in [2.75, 3.05) is 5.32 Å². The number of amides is 2. The smallest absolute Gasteiger partial charge is 0.350 e. The maximum atomic E-state index is 13.6. The van der Waals surface area contributed by atoms with E-state index in [9.17, 15) is 49.1 Å². The molecule has 0 aliphatic carbocycles. The second-order valence-electron chi connectivity index (χ2n) is 10.9. The van der Waals surface area contributed by atoms with Crippen molar-refractivity contribution < 1.29 is 49.1 Å². The third kappa shape index (κ3) is 8.10. The molecule has 0 unspecified atom stereocenters. The molecule has 4 aromatic rings. The van der Waals surface area contributed by atoms with Crippen LogP contribution in [0.3, 0.4) is 0 Å². The molecule has 0 radical (unpaired) electrons. The van der Waals surface area contributed by atoms with E-state index >= 15 is 0 Å². The molecular formula is C31H26F9N5O2. The Hall–Kier alpha value is -4.89. The summed E-state index contributed by atoms with van der Waals surface area (Å²) >= 11 is 0. The van der Waals surface area contributed by atoms with Gasteiger partial charge in [-0.05, 0) is 80.3 Å². The average Bonchev–Trinajstić information content (AvgIpc) is 3.32. The number of benzene rings is 3. The fourth-order valence-corrected chi connectivity index (χ4v) is 4.77. The van der Waals surface area contributed by atoms with Crippen molar-refractivity contribution in [3.8, 4) is 11.1 Å². The van der Waals surface area contributed by atoms with E-state index in [0.29, 0.717) is 27.9 Å². The minimum Gasteiger partial charge on any atom is -0.350 e. The zero-order valence-electron chi connectivity index (χ0n) is 25.0. The van der Waals surface area contributed by atoms with E-state index in [-0.39, 0.29) is 35.2 Å². The molecule has 47 heavy (non-hydrogen) atoms. The van der Waals surface area contributed by atoms with Crippen molar-refractivity contribution in [3.63, 3.8) is 0 Å². The number of halogens is 9. The summed E-state index contributed by atoms with van der Waals surface area (Å²) in [6.07, 6.45) is -15.1. The highest BCUT2D eigenvalue weighted by Crippen LogP contribution is 2.40. The molecule has 0 spiro atoms. The summed E-state index contributed by atoms with van der Waals surface area (Å²) < 4.78 is 122. The maximum Gasteiger partial charge on any atom is 0.451 e. The third-order valence-corrected chi connectivity index (χ3v) is 6.76. The first kappa shape index (κ1) is 35.0. The number of nitrogens with zero attached hydrogens (tertiary/aromatic N) is 3. The van der Waals surface area contributed by atoms with Crippen molar-refractivity contribution in [1.82, 2.24) is 20.1 Å². The van der Waals surface area contributed by atoms with Crippen molar-refractivity contribution in [1.29, 1.82) is 0 Å². The van der Waals surface area contributed by atoms with Crippen LogP contribution in [-0.4, -0.2) is 32.6 Å². The molecule has 7 nitrogen and oxygen atoms in total. The molecule has 4 rings (SSSR count). The average molecular weight is 672 g/mol. The molecule has 2 amide bonds. The SMILES string of the molecule is Cc1nc(C(F)(F)F)n(Cc2ccc(NC(=O)c3cccc(-c4cc(C(F)(F)F)cc(C(F)(F)F)c4)c3C(=O)NC(C)C)c(C)c2)n1. The van der Waals surface area contributed by atoms with Crippen LogP contribution in [0.15, 0.2) is 54.6 Å². The number of carbonyl (C=O) groups is 2. The first-order valence-electron chi connectivity index (χ1n) is 13.8. The number of rotatable bonds is 7. The molecule has 0 aliphatic rings. The standard InChI is InChI=1S/C31H26F9N5O2/c1-15(2)41-27(47)25-22(19-11-20(29(32,33)34)13-21(12-19)30(35,36)37)6-5-7-23(25)26(46)43-24-9-8-18(10-16(24)3)14-45-28(31(38,39)40)42-17(4)44-45/h5-13,15H,14H2,1-4H3,(H,41,47)(H,43,46). The highest BCUT2D eigenvalue weighted by atomic mass is 19.4. The van der Waals surface area contributed by atoms with E-state index in [1.807, 2.05) is 0 Å². The molecule has 1 heterocycles. The Labute approximate surface area is 261 Å². The number of carbonyl (C=O) groups excluding carboxylic acids is 2. The number of alkyl halides is 9. The van der Waals surface area contributed by atoms with Gasteiger partial charge in [0.25, 0.3) is 11.8 Å². The second kappa shape index (κ2) is 12.7. The van der Waals surface area contributed by atoms with Crippen LogP contribution in [0.4, 0.5) is 45.2 Å². The molecular weight excluding hydrogens is 645 g/mol. The largest absolute Gasteiger partial charge is 0.451 e. The second-order valence-corrected chi connectivity index (χ2v) is 10.9. The van der Waals surface area contributed by atoms with Gasteiger partial charge in [-0.2, -0.15) is 44.6 Å². The van der Waals surface area contributed by atoms with Crippen molar-refractivity contribution >= 4 is 17.5 Å². The van der Waals surface area contributed by atoms with Crippen LogP contribution < -0.4 is 10.6 Å². The summed E-state index contributed by atoms with van der Waals surface area (Å²) in [7, 11) is 0. The van der Waals surface area contributed by atoms with Crippen LogP contribution in [0.5, 0.6) is 0 Å². The van der Waals surface area contributed by atoms with E-state index in [1.165, 1.54) is 37.3 Å². The number of hydrogen-bond acceptors (Lipinski definition) is 4. The number of hydrogen-bond donors (Lipinski definition) is 2. The van der Waals surface area contributed by atoms with Crippen molar-refractivity contribution in [2.45, 2.75) is 58.8 Å². The van der Waals surface area contributed by atoms with Gasteiger partial charge in [0.1, 0.15) is 5.82 Å². The fourth-order valence-electron chi connectivity index (χ4n) is 4.77. The molecule has 0 saturated heterocycles. The molecule has 2 N–H and O–H groups in total. The van der Waals surface area contributed by atoms with Crippen LogP contribution in [-0.2, 0) is 25.1 Å². The summed E-state index contributed by atoms with van der Waals surface area (Å²) in [5.41, 5.74) is -4.06. The summed E-state index contributed by atoms with van der Waals surface area (Å²) in [6.45, 7) is 5.68. The molecule has 250 valence electrons. The van der Waals surface area contributed by atoms with Crippen LogP contribution in [0.25, 0.3) is 11.1 Å². The number of aromatic nitrogens is 3. The lowest BCUT2D eigenvalue weighted by Crippen LogP contribution is -2.32. The van der Waals surface area contributed by atoms with Gasteiger partial charge in [-0.1, -0.05) is 24.3 Å². The Kier molecular flexibility index (Phi) is 9.46. The molecule has 0 fully saturated rings. The minimum absolute atomic E-state index is 0.0473. The van der Waals surface area contributed by atoms with E-state index < -0.39 is 64.5 Å². The van der Waals surface area contributed by atoms with Gasteiger partial charge < -0.3 is 10.6 Å². The van der Waals surface area contributed by atoms with Crippen LogP contribution in [0.2, 0.25) is 0 Å². The van der Waals surface area contributed by atoms with Crippen LogP contribution in [0.1, 0.15) is 68.5 Å². The minimum atomic E-state index is -5.16. The normalized spacial score (nSPS) is 12.4.